The molecule has 0 aromatic carbocycles. The molecule has 6 nitrogen and oxygen atoms in total. The van der Waals surface area contributed by atoms with Crippen molar-refractivity contribution in [1.29, 1.82) is 0 Å². The van der Waals surface area contributed by atoms with Gasteiger partial charge in [-0.1, -0.05) is 5.16 Å². The highest BCUT2D eigenvalue weighted by atomic mass is 16.5. The molecular formula is C12H21N3O3. The minimum Gasteiger partial charge on any atom is -0.480 e. The average Bonchev–Trinajstić information content (AvgIpc) is 2.56. The highest BCUT2D eigenvalue weighted by Gasteiger charge is 2.16. The summed E-state index contributed by atoms with van der Waals surface area (Å²) in [6, 6.07) is 0. The summed E-state index contributed by atoms with van der Waals surface area (Å²) in [7, 11) is 3.93. The Morgan fingerprint density at radius 1 is 1.33 bits per heavy atom. The predicted molar refractivity (Wildman–Crippen MR) is 67.4 cm³/mol. The molecule has 0 saturated carbocycles. The van der Waals surface area contributed by atoms with E-state index in [1.807, 2.05) is 37.7 Å². The molecule has 102 valence electrons. The quantitative estimate of drug-likeness (QED) is 0.775. The van der Waals surface area contributed by atoms with Gasteiger partial charge >= 0.3 is 5.97 Å². The molecule has 0 atom stereocenters. The van der Waals surface area contributed by atoms with Crippen LogP contribution in [-0.2, 0) is 11.3 Å². The Balaban J connectivity index is 2.68. The van der Waals surface area contributed by atoms with E-state index in [1.165, 1.54) is 0 Å². The first-order valence-corrected chi connectivity index (χ1v) is 5.90. The maximum absolute atomic E-state index is 10.9. The zero-order valence-corrected chi connectivity index (χ0v) is 11.4. The summed E-state index contributed by atoms with van der Waals surface area (Å²) in [5.41, 5.74) is 1.81. The number of likely N-dealkylation sites (N-methyl/N-ethyl adjacent to an activating group) is 1. The van der Waals surface area contributed by atoms with E-state index in [9.17, 15) is 4.79 Å². The Morgan fingerprint density at radius 2 is 2.00 bits per heavy atom. The number of aromatic nitrogens is 1. The lowest BCUT2D eigenvalue weighted by Crippen LogP contribution is -2.35. The van der Waals surface area contributed by atoms with Crippen molar-refractivity contribution < 1.29 is 14.4 Å². The number of carbonyl (C=O) groups is 1. The number of nitrogens with zero attached hydrogens (tertiary/aromatic N) is 3. The number of aliphatic carboxylic acids is 1. The van der Waals surface area contributed by atoms with Crippen molar-refractivity contribution in [3.63, 3.8) is 0 Å². The van der Waals surface area contributed by atoms with Crippen LogP contribution >= 0.6 is 0 Å². The molecule has 0 amide bonds. The van der Waals surface area contributed by atoms with Gasteiger partial charge in [-0.2, -0.15) is 0 Å². The summed E-state index contributed by atoms with van der Waals surface area (Å²) in [4.78, 5) is 14.8. The fourth-order valence-electron chi connectivity index (χ4n) is 1.70. The van der Waals surface area contributed by atoms with Crippen LogP contribution in [0.25, 0.3) is 0 Å². The molecule has 0 aliphatic heterocycles. The Bertz CT molecular complexity index is 382. The van der Waals surface area contributed by atoms with Crippen molar-refractivity contribution in [1.82, 2.24) is 15.0 Å². The molecule has 1 aromatic heterocycles. The Morgan fingerprint density at radius 3 is 2.44 bits per heavy atom. The normalized spacial score (nSPS) is 11.4. The van der Waals surface area contributed by atoms with Gasteiger partial charge in [-0.05, 0) is 27.9 Å². The van der Waals surface area contributed by atoms with E-state index in [2.05, 4.69) is 5.16 Å². The van der Waals surface area contributed by atoms with Crippen LogP contribution in [-0.4, -0.2) is 59.8 Å². The lowest BCUT2D eigenvalue weighted by molar-refractivity contribution is -0.138. The lowest BCUT2D eigenvalue weighted by atomic mass is 10.2. The third kappa shape index (κ3) is 4.46. The van der Waals surface area contributed by atoms with Crippen molar-refractivity contribution >= 4 is 5.97 Å². The Kier molecular flexibility index (Phi) is 5.30. The molecule has 1 heterocycles. The average molecular weight is 255 g/mol. The zero-order valence-electron chi connectivity index (χ0n) is 11.4. The van der Waals surface area contributed by atoms with Crippen LogP contribution in [0, 0.1) is 13.8 Å². The fraction of sp³-hybridized carbons (Fsp3) is 0.667. The van der Waals surface area contributed by atoms with Gasteiger partial charge in [-0.3, -0.25) is 9.69 Å². The molecule has 18 heavy (non-hydrogen) atoms. The highest BCUT2D eigenvalue weighted by molar-refractivity contribution is 5.69. The van der Waals surface area contributed by atoms with E-state index >= 15 is 0 Å². The molecule has 0 radical (unpaired) electrons. The molecule has 1 rings (SSSR count). The largest absolute Gasteiger partial charge is 0.480 e. The molecule has 0 aliphatic rings. The van der Waals surface area contributed by atoms with E-state index in [1.54, 1.807) is 0 Å². The molecule has 0 spiro atoms. The zero-order chi connectivity index (χ0) is 13.7. The third-order valence-electron chi connectivity index (χ3n) is 2.79. The van der Waals surface area contributed by atoms with Gasteiger partial charge in [0.05, 0.1) is 12.2 Å². The summed E-state index contributed by atoms with van der Waals surface area (Å²) >= 11 is 0. The standard InChI is InChI=1S/C12H21N3O3/c1-9-11(10(2)18-13-9)7-15(8-12(16)17)6-5-14(3)4/h5-8H2,1-4H3,(H,16,17). The highest BCUT2D eigenvalue weighted by Crippen LogP contribution is 2.14. The fourth-order valence-corrected chi connectivity index (χ4v) is 1.70. The third-order valence-corrected chi connectivity index (χ3v) is 2.79. The van der Waals surface area contributed by atoms with Crippen molar-refractivity contribution in [2.45, 2.75) is 20.4 Å². The summed E-state index contributed by atoms with van der Waals surface area (Å²) in [5.74, 6) is -0.0618. The van der Waals surface area contributed by atoms with E-state index in [0.717, 1.165) is 23.6 Å². The summed E-state index contributed by atoms with van der Waals surface area (Å²) in [5, 5.41) is 12.8. The Labute approximate surface area is 107 Å². The van der Waals surface area contributed by atoms with Gasteiger partial charge in [-0.25, -0.2) is 0 Å². The Hall–Kier alpha value is -1.40. The lowest BCUT2D eigenvalue weighted by Gasteiger charge is -2.22. The molecular weight excluding hydrogens is 234 g/mol. The van der Waals surface area contributed by atoms with Gasteiger partial charge in [0.25, 0.3) is 0 Å². The minimum atomic E-state index is -0.819. The number of carboxylic acid groups (broad SMARTS) is 1. The van der Waals surface area contributed by atoms with E-state index < -0.39 is 5.97 Å². The summed E-state index contributed by atoms with van der Waals surface area (Å²) < 4.78 is 5.09. The molecule has 0 saturated heterocycles. The number of hydrogen-bond acceptors (Lipinski definition) is 5. The van der Waals surface area contributed by atoms with Crippen molar-refractivity contribution in [3.8, 4) is 0 Å². The second-order valence-electron chi connectivity index (χ2n) is 4.71. The summed E-state index contributed by atoms with van der Waals surface area (Å²) in [6.45, 7) is 5.82. The maximum Gasteiger partial charge on any atom is 0.317 e. The van der Waals surface area contributed by atoms with E-state index in [-0.39, 0.29) is 6.54 Å². The smallest absolute Gasteiger partial charge is 0.317 e. The molecule has 0 aliphatic carbocycles. The van der Waals surface area contributed by atoms with Gasteiger partial charge in [0.15, 0.2) is 0 Å². The maximum atomic E-state index is 10.9. The topological polar surface area (TPSA) is 69.8 Å². The monoisotopic (exact) mass is 255 g/mol. The molecule has 6 heteroatoms. The summed E-state index contributed by atoms with van der Waals surface area (Å²) in [6.07, 6.45) is 0. The molecule has 1 aromatic rings. The second kappa shape index (κ2) is 6.51. The van der Waals surface area contributed by atoms with Crippen molar-refractivity contribution in [2.75, 3.05) is 33.7 Å². The van der Waals surface area contributed by atoms with Crippen LogP contribution < -0.4 is 0 Å². The van der Waals surface area contributed by atoms with Gasteiger partial charge in [-0.15, -0.1) is 0 Å². The molecule has 0 bridgehead atoms. The predicted octanol–water partition coefficient (Wildman–Crippen LogP) is 0.740. The number of hydrogen-bond donors (Lipinski definition) is 1. The van der Waals surface area contributed by atoms with E-state index in [0.29, 0.717) is 13.1 Å². The van der Waals surface area contributed by atoms with Crippen LogP contribution in [0.15, 0.2) is 4.52 Å². The van der Waals surface area contributed by atoms with Crippen LogP contribution in [0.3, 0.4) is 0 Å². The van der Waals surface area contributed by atoms with E-state index in [4.69, 9.17) is 9.63 Å². The van der Waals surface area contributed by atoms with Crippen LogP contribution in [0.4, 0.5) is 0 Å². The molecule has 0 unspecified atom stereocenters. The first kappa shape index (κ1) is 14.7. The molecule has 1 N–H and O–H groups in total. The number of rotatable bonds is 7. The SMILES string of the molecule is Cc1noc(C)c1CN(CCN(C)C)CC(=O)O. The minimum absolute atomic E-state index is 0.0257. The van der Waals surface area contributed by atoms with Crippen LogP contribution in [0.2, 0.25) is 0 Å². The van der Waals surface area contributed by atoms with Gasteiger partial charge in [0.1, 0.15) is 5.76 Å². The van der Waals surface area contributed by atoms with Crippen LogP contribution in [0.1, 0.15) is 17.0 Å². The second-order valence-corrected chi connectivity index (χ2v) is 4.71. The number of carboxylic acids is 1. The van der Waals surface area contributed by atoms with Gasteiger partial charge < -0.3 is 14.5 Å². The first-order valence-electron chi connectivity index (χ1n) is 5.90. The molecule has 0 fully saturated rings. The van der Waals surface area contributed by atoms with Gasteiger partial charge in [0.2, 0.25) is 0 Å². The van der Waals surface area contributed by atoms with Crippen molar-refractivity contribution in [2.24, 2.45) is 0 Å². The van der Waals surface area contributed by atoms with Crippen molar-refractivity contribution in [3.05, 3.63) is 17.0 Å². The first-order chi connectivity index (χ1) is 8.40. The van der Waals surface area contributed by atoms with Gasteiger partial charge in [0, 0.05) is 25.2 Å². The van der Waals surface area contributed by atoms with Crippen LogP contribution in [0.5, 0.6) is 0 Å². The number of aryl methyl sites for hydroxylation is 2.